The van der Waals surface area contributed by atoms with Crippen molar-refractivity contribution < 1.29 is 23.4 Å². The molecule has 6 nitrogen and oxygen atoms in total. The van der Waals surface area contributed by atoms with Crippen molar-refractivity contribution in [3.63, 3.8) is 0 Å². The van der Waals surface area contributed by atoms with Gasteiger partial charge in [0.25, 0.3) is 0 Å². The van der Waals surface area contributed by atoms with Gasteiger partial charge in [-0.2, -0.15) is 0 Å². The fourth-order valence-electron chi connectivity index (χ4n) is 3.50. The van der Waals surface area contributed by atoms with Crippen molar-refractivity contribution in [3.8, 4) is 28.6 Å². The monoisotopic (exact) mass is 498 g/mol. The van der Waals surface area contributed by atoms with Crippen LogP contribution in [0.4, 0.5) is 0 Å². The van der Waals surface area contributed by atoms with Crippen LogP contribution in [0.5, 0.6) is 17.2 Å². The maximum atomic E-state index is 13.5. The number of fused-ring (bicyclic) bond motifs is 1. The number of carbonyl (C=O) groups is 1. The maximum absolute atomic E-state index is 13.5. The summed E-state index contributed by atoms with van der Waals surface area (Å²) in [5.74, 6) is -0.105. The number of rotatable bonds is 5. The zero-order valence-electron chi connectivity index (χ0n) is 18.8. The molecule has 0 aliphatic rings. The van der Waals surface area contributed by atoms with Gasteiger partial charge >= 0.3 is 5.97 Å². The van der Waals surface area contributed by atoms with Gasteiger partial charge < -0.3 is 18.6 Å². The molecule has 4 rings (SSSR count). The van der Waals surface area contributed by atoms with Crippen molar-refractivity contribution in [3.05, 3.63) is 85.5 Å². The third kappa shape index (κ3) is 4.34. The Kier molecular flexibility index (Phi) is 6.55. The lowest BCUT2D eigenvalue weighted by molar-refractivity contribution is 0.0731. The molecule has 8 heteroatoms. The largest absolute Gasteiger partial charge is 0.493 e. The van der Waals surface area contributed by atoms with Crippen LogP contribution in [0.25, 0.3) is 22.3 Å². The molecule has 34 heavy (non-hydrogen) atoms. The molecule has 174 valence electrons. The van der Waals surface area contributed by atoms with Crippen LogP contribution in [-0.4, -0.2) is 20.2 Å². The molecule has 0 amide bonds. The second-order valence-electron chi connectivity index (χ2n) is 7.61. The molecule has 0 spiro atoms. The Labute approximate surface area is 205 Å². The third-order valence-electron chi connectivity index (χ3n) is 5.46. The highest BCUT2D eigenvalue weighted by Crippen LogP contribution is 2.37. The number of ether oxygens (including phenoxy) is 3. The van der Waals surface area contributed by atoms with Gasteiger partial charge in [-0.1, -0.05) is 23.2 Å². The molecule has 0 fully saturated rings. The number of methoxy groups -OCH3 is 2. The molecule has 1 heterocycles. The quantitative estimate of drug-likeness (QED) is 0.288. The first-order valence-corrected chi connectivity index (χ1v) is 11.0. The Morgan fingerprint density at radius 2 is 1.59 bits per heavy atom. The van der Waals surface area contributed by atoms with E-state index < -0.39 is 11.4 Å². The highest BCUT2D eigenvalue weighted by Gasteiger charge is 2.24. The third-order valence-corrected chi connectivity index (χ3v) is 6.00. The van der Waals surface area contributed by atoms with Crippen molar-refractivity contribution in [1.29, 1.82) is 0 Å². The molecule has 4 aromatic rings. The van der Waals surface area contributed by atoms with E-state index >= 15 is 0 Å². The highest BCUT2D eigenvalue weighted by atomic mass is 35.5. The summed E-state index contributed by atoms with van der Waals surface area (Å²) in [6, 6.07) is 12.8. The predicted octanol–water partition coefficient (Wildman–Crippen LogP) is 6.62. The van der Waals surface area contributed by atoms with Crippen LogP contribution < -0.4 is 19.6 Å². The zero-order valence-corrected chi connectivity index (χ0v) is 20.3. The van der Waals surface area contributed by atoms with Crippen LogP contribution in [0.15, 0.2) is 57.7 Å². The van der Waals surface area contributed by atoms with Gasteiger partial charge in [-0.15, -0.1) is 0 Å². The van der Waals surface area contributed by atoms with Crippen LogP contribution in [0, 0.1) is 13.8 Å². The van der Waals surface area contributed by atoms with E-state index in [0.29, 0.717) is 27.7 Å². The van der Waals surface area contributed by atoms with Crippen molar-refractivity contribution in [2.45, 2.75) is 13.8 Å². The van der Waals surface area contributed by atoms with Gasteiger partial charge in [-0.3, -0.25) is 4.79 Å². The van der Waals surface area contributed by atoms with Crippen LogP contribution in [0.1, 0.15) is 21.5 Å². The van der Waals surface area contributed by atoms with E-state index in [0.717, 1.165) is 11.1 Å². The first kappa shape index (κ1) is 23.7. The summed E-state index contributed by atoms with van der Waals surface area (Å²) >= 11 is 12.1. The molecule has 0 atom stereocenters. The summed E-state index contributed by atoms with van der Waals surface area (Å²) in [7, 11) is 3.01. The number of aryl methyl sites for hydroxylation is 2. The highest BCUT2D eigenvalue weighted by molar-refractivity contribution is 6.36. The Morgan fingerprint density at radius 1 is 0.882 bits per heavy atom. The van der Waals surface area contributed by atoms with E-state index in [1.54, 1.807) is 30.3 Å². The van der Waals surface area contributed by atoms with Crippen LogP contribution in [0.3, 0.4) is 0 Å². The van der Waals surface area contributed by atoms with E-state index in [4.69, 9.17) is 41.8 Å². The number of hydrogen-bond acceptors (Lipinski definition) is 6. The first-order valence-electron chi connectivity index (χ1n) is 10.2. The summed E-state index contributed by atoms with van der Waals surface area (Å²) in [6.07, 6.45) is 0. The van der Waals surface area contributed by atoms with Gasteiger partial charge in [-0.25, -0.2) is 4.79 Å². The summed E-state index contributed by atoms with van der Waals surface area (Å²) in [6.45, 7) is 3.80. The average molecular weight is 499 g/mol. The normalized spacial score (nSPS) is 10.9. The summed E-state index contributed by atoms with van der Waals surface area (Å²) in [4.78, 5) is 26.5. The summed E-state index contributed by atoms with van der Waals surface area (Å²) in [5, 5.41) is 0.753. The molecule has 3 aromatic carbocycles. The Bertz CT molecular complexity index is 1490. The molecule has 0 saturated carbocycles. The molecule has 0 aliphatic heterocycles. The molecule has 0 radical (unpaired) electrons. The molecule has 0 N–H and O–H groups in total. The molecular formula is C26H20Cl2O6. The fraction of sp³-hybridized carbons (Fsp3) is 0.154. The van der Waals surface area contributed by atoms with E-state index in [1.165, 1.54) is 32.4 Å². The van der Waals surface area contributed by atoms with Gasteiger partial charge in [0, 0.05) is 10.6 Å². The lowest BCUT2D eigenvalue weighted by atomic mass is 10.0. The van der Waals surface area contributed by atoms with Gasteiger partial charge in [0.2, 0.25) is 11.2 Å². The fourth-order valence-corrected chi connectivity index (χ4v) is 3.98. The topological polar surface area (TPSA) is 75.0 Å². The van der Waals surface area contributed by atoms with Crippen LogP contribution >= 0.6 is 23.2 Å². The van der Waals surface area contributed by atoms with E-state index in [1.807, 2.05) is 13.8 Å². The number of halogens is 2. The minimum absolute atomic E-state index is 0.0592. The minimum Gasteiger partial charge on any atom is -0.493 e. The minimum atomic E-state index is -0.820. The Morgan fingerprint density at radius 3 is 2.26 bits per heavy atom. The zero-order chi connectivity index (χ0) is 24.6. The molecule has 0 aliphatic carbocycles. The molecule has 1 aromatic heterocycles. The summed E-state index contributed by atoms with van der Waals surface area (Å²) < 4.78 is 22.4. The Hall–Kier alpha value is -3.48. The van der Waals surface area contributed by atoms with Gasteiger partial charge in [0.1, 0.15) is 5.58 Å². The van der Waals surface area contributed by atoms with Crippen molar-refractivity contribution >= 4 is 40.1 Å². The Balaban J connectivity index is 1.95. The predicted molar refractivity (Wildman–Crippen MR) is 132 cm³/mol. The van der Waals surface area contributed by atoms with E-state index in [9.17, 15) is 9.59 Å². The molecule has 0 saturated heterocycles. The SMILES string of the molecule is COc1ccc(-c2oc3cc(C)c(C)cc3c(=O)c2OC(=O)c2ccc(Cl)cc2Cl)cc1OC. The maximum Gasteiger partial charge on any atom is 0.345 e. The average Bonchev–Trinajstić information content (AvgIpc) is 2.81. The van der Waals surface area contributed by atoms with Gasteiger partial charge in [-0.05, 0) is 73.5 Å². The van der Waals surface area contributed by atoms with E-state index in [-0.39, 0.29) is 27.5 Å². The standard InChI is InChI=1S/C26H20Cl2O6/c1-13-9-18-21(10-14(13)2)33-24(15-5-8-20(31-3)22(11-15)32-4)25(23(18)29)34-26(30)17-7-6-16(27)12-19(17)28/h5-12H,1-4H3. The number of esters is 1. The second-order valence-corrected chi connectivity index (χ2v) is 8.45. The van der Waals surface area contributed by atoms with Gasteiger partial charge in [0.15, 0.2) is 17.3 Å². The van der Waals surface area contributed by atoms with Crippen molar-refractivity contribution in [1.82, 2.24) is 0 Å². The first-order chi connectivity index (χ1) is 16.2. The van der Waals surface area contributed by atoms with E-state index in [2.05, 4.69) is 0 Å². The number of carbonyl (C=O) groups excluding carboxylic acids is 1. The van der Waals surface area contributed by atoms with Crippen LogP contribution in [-0.2, 0) is 0 Å². The smallest absolute Gasteiger partial charge is 0.345 e. The molecular weight excluding hydrogens is 479 g/mol. The molecule has 0 bridgehead atoms. The van der Waals surface area contributed by atoms with Crippen molar-refractivity contribution in [2.24, 2.45) is 0 Å². The number of hydrogen-bond donors (Lipinski definition) is 0. The van der Waals surface area contributed by atoms with Crippen molar-refractivity contribution in [2.75, 3.05) is 14.2 Å². The van der Waals surface area contributed by atoms with Crippen LogP contribution in [0.2, 0.25) is 10.0 Å². The second kappa shape index (κ2) is 9.41. The molecule has 0 unspecified atom stereocenters. The summed E-state index contributed by atoms with van der Waals surface area (Å²) in [5.41, 5.74) is 2.24. The number of benzene rings is 3. The van der Waals surface area contributed by atoms with Gasteiger partial charge in [0.05, 0.1) is 30.2 Å². The lowest BCUT2D eigenvalue weighted by Gasteiger charge is -2.14. The lowest BCUT2D eigenvalue weighted by Crippen LogP contribution is -2.17.